The lowest BCUT2D eigenvalue weighted by molar-refractivity contribution is -0.137. The smallest absolute Gasteiger partial charge is 0.329 e. The van der Waals surface area contributed by atoms with Gasteiger partial charge in [-0.2, -0.15) is 10.2 Å². The van der Waals surface area contributed by atoms with Gasteiger partial charge < -0.3 is 5.73 Å². The first-order chi connectivity index (χ1) is 13.6. The van der Waals surface area contributed by atoms with Gasteiger partial charge >= 0.3 is 11.8 Å². The zero-order valence-electron chi connectivity index (χ0n) is 15.2. The highest BCUT2D eigenvalue weighted by Crippen LogP contribution is 2.26. The lowest BCUT2D eigenvalue weighted by atomic mass is 10.1. The standard InChI is InChI=1S/C20H19N5O2S/c1-2-28-17-10-8-14(9-11-17)18-15(12-22-23-20(27)19(21)26)13-25(24-18)16-6-4-3-5-7-16/h3-13H,2H2,1H3,(H2,21,26)(H,23,27)/b22-12-. The molecule has 0 unspecified atom stereocenters. The predicted octanol–water partition coefficient (Wildman–Crippen LogP) is 2.59. The van der Waals surface area contributed by atoms with Crippen LogP contribution in [0.4, 0.5) is 0 Å². The van der Waals surface area contributed by atoms with E-state index in [1.54, 1.807) is 22.6 Å². The predicted molar refractivity (Wildman–Crippen MR) is 110 cm³/mol. The fraction of sp³-hybridized carbons (Fsp3) is 0.100. The van der Waals surface area contributed by atoms with Gasteiger partial charge in [-0.05, 0) is 30.0 Å². The Labute approximate surface area is 166 Å². The van der Waals surface area contributed by atoms with Crippen LogP contribution in [0.3, 0.4) is 0 Å². The second-order valence-corrected chi connectivity index (χ2v) is 7.07. The van der Waals surface area contributed by atoms with Crippen LogP contribution in [0.2, 0.25) is 0 Å². The fourth-order valence-electron chi connectivity index (χ4n) is 2.51. The summed E-state index contributed by atoms with van der Waals surface area (Å²) < 4.78 is 1.74. The van der Waals surface area contributed by atoms with Crippen LogP contribution in [-0.4, -0.2) is 33.6 Å². The molecule has 0 spiro atoms. The van der Waals surface area contributed by atoms with Gasteiger partial charge in [-0.15, -0.1) is 11.8 Å². The number of carbonyl (C=O) groups is 2. The van der Waals surface area contributed by atoms with Gasteiger partial charge in [0, 0.05) is 22.2 Å². The molecule has 142 valence electrons. The van der Waals surface area contributed by atoms with Crippen molar-refractivity contribution in [2.24, 2.45) is 10.8 Å². The van der Waals surface area contributed by atoms with Crippen molar-refractivity contribution >= 4 is 29.8 Å². The van der Waals surface area contributed by atoms with Gasteiger partial charge in [0.15, 0.2) is 0 Å². The van der Waals surface area contributed by atoms with E-state index in [4.69, 9.17) is 5.73 Å². The minimum Gasteiger partial charge on any atom is -0.361 e. The van der Waals surface area contributed by atoms with Crippen molar-refractivity contribution in [3.63, 3.8) is 0 Å². The van der Waals surface area contributed by atoms with Crippen LogP contribution in [0.5, 0.6) is 0 Å². The van der Waals surface area contributed by atoms with Gasteiger partial charge in [0.2, 0.25) is 0 Å². The van der Waals surface area contributed by atoms with Crippen LogP contribution in [0.1, 0.15) is 12.5 Å². The third-order valence-corrected chi connectivity index (χ3v) is 4.69. The van der Waals surface area contributed by atoms with Gasteiger partial charge in [0.25, 0.3) is 0 Å². The Morgan fingerprint density at radius 3 is 2.54 bits per heavy atom. The van der Waals surface area contributed by atoms with Gasteiger partial charge in [-0.1, -0.05) is 37.3 Å². The minimum atomic E-state index is -1.10. The van der Waals surface area contributed by atoms with Gasteiger partial charge in [-0.25, -0.2) is 10.1 Å². The largest absolute Gasteiger partial charge is 0.361 e. The van der Waals surface area contributed by atoms with E-state index in [1.807, 2.05) is 54.6 Å². The summed E-state index contributed by atoms with van der Waals surface area (Å²) in [6.07, 6.45) is 3.25. The molecule has 1 heterocycles. The molecule has 7 nitrogen and oxygen atoms in total. The molecule has 0 aliphatic carbocycles. The van der Waals surface area contributed by atoms with Gasteiger partial charge in [0.1, 0.15) is 5.69 Å². The lowest BCUT2D eigenvalue weighted by Crippen LogP contribution is -2.32. The normalized spacial score (nSPS) is 10.9. The molecule has 0 saturated carbocycles. The average molecular weight is 393 g/mol. The monoisotopic (exact) mass is 393 g/mol. The van der Waals surface area contributed by atoms with Gasteiger partial charge in [-0.3, -0.25) is 9.59 Å². The van der Waals surface area contributed by atoms with Crippen molar-refractivity contribution in [3.8, 4) is 16.9 Å². The molecule has 0 bridgehead atoms. The second kappa shape index (κ2) is 9.01. The number of nitrogens with one attached hydrogen (secondary N) is 1. The van der Waals surface area contributed by atoms with Crippen LogP contribution in [0.15, 0.2) is 70.8 Å². The van der Waals surface area contributed by atoms with Crippen molar-refractivity contribution in [2.75, 3.05) is 5.75 Å². The van der Waals surface area contributed by atoms with E-state index in [1.165, 1.54) is 11.1 Å². The summed E-state index contributed by atoms with van der Waals surface area (Å²) in [6, 6.07) is 17.7. The topological polar surface area (TPSA) is 102 Å². The second-order valence-electron chi connectivity index (χ2n) is 5.73. The van der Waals surface area contributed by atoms with Crippen LogP contribution in [-0.2, 0) is 9.59 Å². The molecule has 0 fully saturated rings. The van der Waals surface area contributed by atoms with Crippen molar-refractivity contribution in [1.29, 1.82) is 0 Å². The fourth-order valence-corrected chi connectivity index (χ4v) is 3.17. The number of hydrogen-bond donors (Lipinski definition) is 2. The van der Waals surface area contributed by atoms with Crippen molar-refractivity contribution < 1.29 is 9.59 Å². The molecule has 0 aliphatic heterocycles. The highest BCUT2D eigenvalue weighted by molar-refractivity contribution is 7.99. The van der Waals surface area contributed by atoms with E-state index in [0.717, 1.165) is 17.0 Å². The van der Waals surface area contributed by atoms with Crippen molar-refractivity contribution in [2.45, 2.75) is 11.8 Å². The van der Waals surface area contributed by atoms with Crippen molar-refractivity contribution in [1.82, 2.24) is 15.2 Å². The Morgan fingerprint density at radius 2 is 1.89 bits per heavy atom. The summed E-state index contributed by atoms with van der Waals surface area (Å²) in [7, 11) is 0. The number of amides is 2. The van der Waals surface area contributed by atoms with E-state index < -0.39 is 11.8 Å². The summed E-state index contributed by atoms with van der Waals surface area (Å²) >= 11 is 1.76. The quantitative estimate of drug-likeness (QED) is 0.291. The van der Waals surface area contributed by atoms with E-state index in [9.17, 15) is 9.59 Å². The number of thioether (sulfide) groups is 1. The SMILES string of the molecule is CCSc1ccc(-c2nn(-c3ccccc3)cc2/C=N\NC(=O)C(N)=O)cc1. The number of hydrazone groups is 1. The molecule has 1 aromatic heterocycles. The van der Waals surface area contributed by atoms with E-state index in [2.05, 4.69) is 22.5 Å². The molecule has 2 aromatic carbocycles. The third kappa shape index (κ3) is 4.66. The average Bonchev–Trinajstić information content (AvgIpc) is 3.13. The molecule has 0 radical (unpaired) electrons. The van der Waals surface area contributed by atoms with E-state index >= 15 is 0 Å². The number of rotatable bonds is 6. The number of hydrogen-bond acceptors (Lipinski definition) is 5. The molecule has 8 heteroatoms. The summed E-state index contributed by atoms with van der Waals surface area (Å²) in [5.74, 6) is -1.07. The number of primary amides is 1. The maximum Gasteiger partial charge on any atom is 0.329 e. The Hall–Kier alpha value is -3.39. The number of benzene rings is 2. The Kier molecular flexibility index (Phi) is 6.23. The first kappa shape index (κ1) is 19.4. The summed E-state index contributed by atoms with van der Waals surface area (Å²) in [6.45, 7) is 2.11. The molecule has 28 heavy (non-hydrogen) atoms. The zero-order valence-corrected chi connectivity index (χ0v) is 16.0. The highest BCUT2D eigenvalue weighted by Gasteiger charge is 2.12. The maximum absolute atomic E-state index is 11.3. The highest BCUT2D eigenvalue weighted by atomic mass is 32.2. The van der Waals surface area contributed by atoms with Crippen molar-refractivity contribution in [3.05, 3.63) is 66.4 Å². The zero-order chi connectivity index (χ0) is 19.9. The first-order valence-electron chi connectivity index (χ1n) is 8.59. The number of para-hydroxylation sites is 1. The molecular formula is C20H19N5O2S. The Bertz CT molecular complexity index is 997. The molecular weight excluding hydrogens is 374 g/mol. The van der Waals surface area contributed by atoms with Crippen LogP contribution in [0, 0.1) is 0 Å². The van der Waals surface area contributed by atoms with Crippen LogP contribution < -0.4 is 11.2 Å². The molecule has 3 N–H and O–H groups in total. The molecule has 3 rings (SSSR count). The summed E-state index contributed by atoms with van der Waals surface area (Å²) in [4.78, 5) is 23.3. The lowest BCUT2D eigenvalue weighted by Gasteiger charge is -2.02. The number of carbonyl (C=O) groups excluding carboxylic acids is 2. The first-order valence-corrected chi connectivity index (χ1v) is 9.58. The summed E-state index contributed by atoms with van der Waals surface area (Å²) in [5, 5.41) is 8.49. The summed E-state index contributed by atoms with van der Waals surface area (Å²) in [5.41, 5.74) is 10.2. The maximum atomic E-state index is 11.3. The van der Waals surface area contributed by atoms with Crippen LogP contribution in [0.25, 0.3) is 16.9 Å². The number of nitrogens with zero attached hydrogens (tertiary/aromatic N) is 3. The molecule has 0 atom stereocenters. The Morgan fingerprint density at radius 1 is 1.18 bits per heavy atom. The third-order valence-electron chi connectivity index (χ3n) is 3.80. The van der Waals surface area contributed by atoms with E-state index in [-0.39, 0.29) is 0 Å². The number of nitrogens with two attached hydrogens (primary N) is 1. The van der Waals surface area contributed by atoms with E-state index in [0.29, 0.717) is 11.3 Å². The Balaban J connectivity index is 1.96. The minimum absolute atomic E-state index is 0.685. The number of aromatic nitrogens is 2. The molecule has 2 amide bonds. The molecule has 0 aliphatic rings. The molecule has 3 aromatic rings. The molecule has 0 saturated heterocycles. The van der Waals surface area contributed by atoms with Crippen LogP contribution >= 0.6 is 11.8 Å². The van der Waals surface area contributed by atoms with Gasteiger partial charge in [0.05, 0.1) is 11.9 Å².